The number of likely N-dealkylation sites (tertiary alicyclic amines) is 1. The van der Waals surface area contributed by atoms with Crippen LogP contribution in [0.3, 0.4) is 0 Å². The molecule has 1 aliphatic heterocycles. The molecule has 1 saturated carbocycles. The van der Waals surface area contributed by atoms with Crippen LogP contribution in [0.1, 0.15) is 31.2 Å². The molecule has 4 heteroatoms. The van der Waals surface area contributed by atoms with E-state index in [2.05, 4.69) is 12.1 Å². The molecule has 19 heavy (non-hydrogen) atoms. The minimum atomic E-state index is 0.107. The molecule has 0 bridgehead atoms. The second-order valence-electron chi connectivity index (χ2n) is 5.30. The number of hydrogen-bond acceptors (Lipinski definition) is 3. The zero-order valence-electron chi connectivity index (χ0n) is 10.9. The Morgan fingerprint density at radius 1 is 1.32 bits per heavy atom. The second-order valence-corrected chi connectivity index (χ2v) is 6.78. The number of amides is 1. The van der Waals surface area contributed by atoms with E-state index in [4.69, 9.17) is 0 Å². The molecule has 1 aliphatic carbocycles. The van der Waals surface area contributed by atoms with Gasteiger partial charge in [0.15, 0.2) is 5.12 Å². The molecule has 1 aromatic rings. The fourth-order valence-corrected chi connectivity index (χ4v) is 3.85. The Kier molecular flexibility index (Phi) is 3.35. The number of hydrogen-bond donors (Lipinski definition) is 0. The lowest BCUT2D eigenvalue weighted by atomic mass is 10.1. The molecule has 3 nitrogen and oxygen atoms in total. The van der Waals surface area contributed by atoms with Crippen LogP contribution in [-0.2, 0) is 9.59 Å². The fourth-order valence-electron chi connectivity index (χ4n) is 2.92. The third-order valence-corrected chi connectivity index (χ3v) is 4.82. The summed E-state index contributed by atoms with van der Waals surface area (Å²) in [4.78, 5) is 25.1. The number of nitrogens with zero attached hydrogens (tertiary/aromatic N) is 1. The zero-order valence-corrected chi connectivity index (χ0v) is 11.7. The molecule has 0 aromatic heterocycles. The second kappa shape index (κ2) is 5.00. The van der Waals surface area contributed by atoms with Crippen LogP contribution >= 0.6 is 11.8 Å². The largest absolute Gasteiger partial charge is 0.338 e. The van der Waals surface area contributed by atoms with Gasteiger partial charge in [0.1, 0.15) is 0 Å². The van der Waals surface area contributed by atoms with Crippen LogP contribution < -0.4 is 0 Å². The van der Waals surface area contributed by atoms with E-state index >= 15 is 0 Å². The standard InChI is InChI=1S/C15H17NO2S/c1-10(17)19-12-7-15(18)16(9-12)14-8-13(14)11-5-3-2-4-6-11/h2-6,12-14H,7-9H2,1H3. The summed E-state index contributed by atoms with van der Waals surface area (Å²) >= 11 is 1.31. The first-order valence-corrected chi connectivity index (χ1v) is 7.54. The lowest BCUT2D eigenvalue weighted by Gasteiger charge is -2.16. The van der Waals surface area contributed by atoms with Crippen molar-refractivity contribution in [2.75, 3.05) is 6.54 Å². The van der Waals surface area contributed by atoms with Gasteiger partial charge >= 0.3 is 0 Å². The molecule has 1 aromatic carbocycles. The summed E-state index contributed by atoms with van der Waals surface area (Å²) in [6.07, 6.45) is 1.58. The van der Waals surface area contributed by atoms with Crippen molar-refractivity contribution in [3.8, 4) is 0 Å². The molecule has 2 aliphatic rings. The number of carbonyl (C=O) groups is 2. The molecule has 0 spiro atoms. The first kappa shape index (κ1) is 12.7. The lowest BCUT2D eigenvalue weighted by molar-refractivity contribution is -0.128. The molecule has 2 fully saturated rings. The number of rotatable bonds is 3. The summed E-state index contributed by atoms with van der Waals surface area (Å²) in [6.45, 7) is 2.30. The average molecular weight is 275 g/mol. The highest BCUT2D eigenvalue weighted by Crippen LogP contribution is 2.46. The van der Waals surface area contributed by atoms with E-state index in [1.165, 1.54) is 17.3 Å². The first-order chi connectivity index (χ1) is 9.15. The maximum atomic E-state index is 12.0. The van der Waals surface area contributed by atoms with E-state index in [0.717, 1.165) is 13.0 Å². The summed E-state index contributed by atoms with van der Waals surface area (Å²) < 4.78 is 0. The third-order valence-electron chi connectivity index (χ3n) is 3.84. The highest BCUT2D eigenvalue weighted by molar-refractivity contribution is 8.14. The van der Waals surface area contributed by atoms with Crippen molar-refractivity contribution < 1.29 is 9.59 Å². The van der Waals surface area contributed by atoms with Crippen molar-refractivity contribution >= 4 is 22.8 Å². The summed E-state index contributed by atoms with van der Waals surface area (Å²) in [5.74, 6) is 0.702. The van der Waals surface area contributed by atoms with Gasteiger partial charge in [0.25, 0.3) is 0 Å². The van der Waals surface area contributed by atoms with Crippen LogP contribution in [0.2, 0.25) is 0 Å². The molecule has 0 N–H and O–H groups in total. The van der Waals surface area contributed by atoms with Gasteiger partial charge in [-0.2, -0.15) is 0 Å². The Bertz CT molecular complexity index is 502. The molecule has 1 heterocycles. The minimum Gasteiger partial charge on any atom is -0.338 e. The Balaban J connectivity index is 1.63. The normalized spacial score (nSPS) is 29.6. The van der Waals surface area contributed by atoms with E-state index in [1.54, 1.807) is 6.92 Å². The number of thioether (sulfide) groups is 1. The van der Waals surface area contributed by atoms with E-state index in [9.17, 15) is 9.59 Å². The molecule has 3 rings (SSSR count). The van der Waals surface area contributed by atoms with Gasteiger partial charge in [-0.05, 0) is 12.0 Å². The van der Waals surface area contributed by atoms with Crippen molar-refractivity contribution in [3.63, 3.8) is 0 Å². The summed E-state index contributed by atoms with van der Waals surface area (Å²) in [7, 11) is 0. The Morgan fingerprint density at radius 3 is 2.74 bits per heavy atom. The molecule has 1 amide bonds. The third kappa shape index (κ3) is 2.68. The van der Waals surface area contributed by atoms with Gasteiger partial charge in [0.2, 0.25) is 5.91 Å². The highest BCUT2D eigenvalue weighted by atomic mass is 32.2. The van der Waals surface area contributed by atoms with E-state index in [-0.39, 0.29) is 16.3 Å². The minimum absolute atomic E-state index is 0.107. The fraction of sp³-hybridized carbons (Fsp3) is 0.467. The van der Waals surface area contributed by atoms with Crippen molar-refractivity contribution in [2.24, 2.45) is 0 Å². The Labute approximate surface area is 117 Å². The predicted molar refractivity (Wildman–Crippen MR) is 76.0 cm³/mol. The predicted octanol–water partition coefficient (Wildman–Crippen LogP) is 2.42. The van der Waals surface area contributed by atoms with Gasteiger partial charge in [-0.3, -0.25) is 9.59 Å². The summed E-state index contributed by atoms with van der Waals surface area (Å²) in [6, 6.07) is 10.7. The van der Waals surface area contributed by atoms with Crippen molar-refractivity contribution in [2.45, 2.75) is 37.0 Å². The van der Waals surface area contributed by atoms with Crippen LogP contribution in [0.4, 0.5) is 0 Å². The van der Waals surface area contributed by atoms with Crippen molar-refractivity contribution in [3.05, 3.63) is 35.9 Å². The molecule has 3 atom stereocenters. The summed E-state index contributed by atoms with van der Waals surface area (Å²) in [5, 5.41) is 0.261. The molecule has 0 radical (unpaired) electrons. The maximum Gasteiger partial charge on any atom is 0.224 e. The van der Waals surface area contributed by atoms with E-state index < -0.39 is 0 Å². The van der Waals surface area contributed by atoms with Crippen molar-refractivity contribution in [1.82, 2.24) is 4.90 Å². The molecular weight excluding hydrogens is 258 g/mol. The summed E-state index contributed by atoms with van der Waals surface area (Å²) in [5.41, 5.74) is 1.32. The van der Waals surface area contributed by atoms with Crippen LogP contribution in [0, 0.1) is 0 Å². The van der Waals surface area contributed by atoms with E-state index in [0.29, 0.717) is 18.4 Å². The first-order valence-electron chi connectivity index (χ1n) is 6.67. The van der Waals surface area contributed by atoms with Gasteiger partial charge in [-0.15, -0.1) is 0 Å². The van der Waals surface area contributed by atoms with Gasteiger partial charge in [0, 0.05) is 37.1 Å². The zero-order chi connectivity index (χ0) is 13.4. The molecule has 100 valence electrons. The van der Waals surface area contributed by atoms with Crippen LogP contribution in [-0.4, -0.2) is 33.8 Å². The van der Waals surface area contributed by atoms with Crippen molar-refractivity contribution in [1.29, 1.82) is 0 Å². The average Bonchev–Trinajstić information content (AvgIpc) is 3.09. The van der Waals surface area contributed by atoms with Crippen LogP contribution in [0.25, 0.3) is 0 Å². The van der Waals surface area contributed by atoms with Gasteiger partial charge in [-0.25, -0.2) is 0 Å². The number of carbonyl (C=O) groups excluding carboxylic acids is 2. The van der Waals surface area contributed by atoms with Gasteiger partial charge < -0.3 is 4.90 Å². The van der Waals surface area contributed by atoms with Crippen LogP contribution in [0.5, 0.6) is 0 Å². The van der Waals surface area contributed by atoms with Crippen LogP contribution in [0.15, 0.2) is 30.3 Å². The number of benzene rings is 1. The molecule has 3 unspecified atom stereocenters. The quantitative estimate of drug-likeness (QED) is 0.850. The monoisotopic (exact) mass is 275 g/mol. The molecular formula is C15H17NO2S. The Morgan fingerprint density at radius 2 is 2.05 bits per heavy atom. The van der Waals surface area contributed by atoms with Gasteiger partial charge in [0.05, 0.1) is 0 Å². The highest BCUT2D eigenvalue weighted by Gasteiger charge is 2.47. The van der Waals surface area contributed by atoms with E-state index in [1.807, 2.05) is 23.1 Å². The van der Waals surface area contributed by atoms with Gasteiger partial charge in [-0.1, -0.05) is 42.1 Å². The maximum absolute atomic E-state index is 12.0. The Hall–Kier alpha value is -1.29. The SMILES string of the molecule is CC(=O)SC1CC(=O)N(C2CC2c2ccccc2)C1. The topological polar surface area (TPSA) is 37.4 Å². The smallest absolute Gasteiger partial charge is 0.224 e. The molecule has 1 saturated heterocycles. The lowest BCUT2D eigenvalue weighted by Crippen LogP contribution is -2.28.